The topological polar surface area (TPSA) is 77.8 Å². The molecule has 0 amide bonds. The normalized spacial score (nSPS) is 53.4. The van der Waals surface area contributed by atoms with E-state index in [-0.39, 0.29) is 39.1 Å². The van der Waals surface area contributed by atoms with Gasteiger partial charge in [-0.1, -0.05) is 60.1 Å². The van der Waals surface area contributed by atoms with Gasteiger partial charge in [-0.05, 0) is 103 Å². The Balaban J connectivity index is 1.63. The number of fused-ring (bicyclic) bond motifs is 7. The van der Waals surface area contributed by atoms with Crippen molar-refractivity contribution in [1.29, 1.82) is 0 Å². The van der Waals surface area contributed by atoms with Crippen molar-refractivity contribution >= 4 is 5.97 Å². The van der Waals surface area contributed by atoms with Gasteiger partial charge in [-0.15, -0.1) is 0 Å². The van der Waals surface area contributed by atoms with E-state index in [1.54, 1.807) is 0 Å². The average molecular weight is 473 g/mol. The second-order valence-electron chi connectivity index (χ2n) is 15.2. The lowest BCUT2D eigenvalue weighted by Crippen LogP contribution is -2.67. The van der Waals surface area contributed by atoms with Gasteiger partial charge in [0, 0.05) is 0 Å². The van der Waals surface area contributed by atoms with Crippen LogP contribution in [0, 0.1) is 50.2 Å². The molecule has 0 bridgehead atoms. The molecule has 192 valence electrons. The first-order valence-electron chi connectivity index (χ1n) is 13.9. The summed E-state index contributed by atoms with van der Waals surface area (Å²) in [4.78, 5) is 12.8. The summed E-state index contributed by atoms with van der Waals surface area (Å²) >= 11 is 0. The number of carbonyl (C=O) groups is 1. The molecule has 5 aliphatic carbocycles. The molecule has 3 N–H and O–H groups in total. The molecule has 0 aromatic carbocycles. The van der Waals surface area contributed by atoms with Gasteiger partial charge < -0.3 is 15.3 Å². The molecular formula is C30H48O4. The van der Waals surface area contributed by atoms with E-state index in [4.69, 9.17) is 0 Å². The molecule has 0 unspecified atom stereocenters. The number of aliphatic carboxylic acids is 1. The Labute approximate surface area is 206 Å². The highest BCUT2D eigenvalue weighted by atomic mass is 16.4. The molecule has 0 saturated heterocycles. The van der Waals surface area contributed by atoms with Gasteiger partial charge in [0.05, 0.1) is 12.2 Å². The molecule has 4 fully saturated rings. The molecule has 4 heteroatoms. The van der Waals surface area contributed by atoms with E-state index in [0.717, 1.165) is 44.9 Å². The van der Waals surface area contributed by atoms with Crippen LogP contribution in [0.4, 0.5) is 0 Å². The Hall–Kier alpha value is -0.870. The smallest absolute Gasteiger partial charge is 0.312 e. The van der Waals surface area contributed by atoms with Crippen LogP contribution >= 0.6 is 0 Å². The first-order chi connectivity index (χ1) is 15.6. The van der Waals surface area contributed by atoms with Gasteiger partial charge in [-0.2, -0.15) is 0 Å². The van der Waals surface area contributed by atoms with Gasteiger partial charge >= 0.3 is 5.97 Å². The SMILES string of the molecule is CC1(C)CC[C@]2(C(=O)O)[C@@H](O)C[C@]3(C)C(=CC[C@@H]4[C@@]5(C)CC[C@H](O)C(C)(C)[C@H]5CC[C@]43C)[C@@H]2C1. The Bertz CT molecular complexity index is 919. The number of aliphatic hydroxyl groups excluding tert-OH is 2. The van der Waals surface area contributed by atoms with Crippen LogP contribution in [-0.2, 0) is 4.79 Å². The molecule has 4 saturated carbocycles. The molecular weight excluding hydrogens is 424 g/mol. The van der Waals surface area contributed by atoms with E-state index in [1.165, 1.54) is 5.57 Å². The summed E-state index contributed by atoms with van der Waals surface area (Å²) in [6.45, 7) is 16.4. The van der Waals surface area contributed by atoms with E-state index in [9.17, 15) is 20.1 Å². The van der Waals surface area contributed by atoms with Crippen LogP contribution in [-0.4, -0.2) is 33.5 Å². The van der Waals surface area contributed by atoms with Crippen molar-refractivity contribution in [2.45, 2.75) is 118 Å². The third-order valence-electron chi connectivity index (χ3n) is 13.1. The monoisotopic (exact) mass is 472 g/mol. The molecule has 0 spiro atoms. The minimum atomic E-state index is -1.04. The second kappa shape index (κ2) is 7.12. The lowest BCUT2D eigenvalue weighted by Gasteiger charge is -2.71. The fourth-order valence-electron chi connectivity index (χ4n) is 10.7. The summed E-state index contributed by atoms with van der Waals surface area (Å²) < 4.78 is 0. The zero-order chi connectivity index (χ0) is 25.1. The van der Waals surface area contributed by atoms with Crippen molar-refractivity contribution in [3.05, 3.63) is 11.6 Å². The minimum Gasteiger partial charge on any atom is -0.481 e. The predicted molar refractivity (Wildman–Crippen MR) is 134 cm³/mol. The van der Waals surface area contributed by atoms with Crippen LogP contribution in [0.1, 0.15) is 106 Å². The summed E-state index contributed by atoms with van der Waals surface area (Å²) in [5, 5.41) is 33.1. The molecule has 5 aliphatic rings. The van der Waals surface area contributed by atoms with Gasteiger partial charge in [0.25, 0.3) is 0 Å². The lowest BCUT2D eigenvalue weighted by molar-refractivity contribution is -0.218. The highest BCUT2D eigenvalue weighted by Crippen LogP contribution is 2.75. The number of hydrogen-bond acceptors (Lipinski definition) is 3. The molecule has 0 radical (unpaired) electrons. The molecule has 0 aromatic heterocycles. The first kappa shape index (κ1) is 24.8. The van der Waals surface area contributed by atoms with Crippen LogP contribution in [0.3, 0.4) is 0 Å². The van der Waals surface area contributed by atoms with Crippen LogP contribution < -0.4 is 0 Å². The van der Waals surface area contributed by atoms with Crippen LogP contribution in [0.15, 0.2) is 11.6 Å². The molecule has 4 nitrogen and oxygen atoms in total. The van der Waals surface area contributed by atoms with Gasteiger partial charge in [0.1, 0.15) is 5.41 Å². The fraction of sp³-hybridized carbons (Fsp3) is 0.900. The Morgan fingerprint density at radius 2 is 1.53 bits per heavy atom. The van der Waals surface area contributed by atoms with Gasteiger partial charge in [-0.25, -0.2) is 0 Å². The molecule has 0 aromatic rings. The lowest BCUT2D eigenvalue weighted by atomic mass is 9.33. The third-order valence-corrected chi connectivity index (χ3v) is 13.1. The summed E-state index contributed by atoms with van der Waals surface area (Å²) in [5.41, 5.74) is 0.295. The quantitative estimate of drug-likeness (QED) is 0.397. The van der Waals surface area contributed by atoms with Gasteiger partial charge in [-0.3, -0.25) is 4.79 Å². The number of rotatable bonds is 1. The summed E-state index contributed by atoms with van der Waals surface area (Å²) in [6.07, 6.45) is 9.35. The van der Waals surface area contributed by atoms with Crippen LogP contribution in [0.2, 0.25) is 0 Å². The van der Waals surface area contributed by atoms with Crippen LogP contribution in [0.5, 0.6) is 0 Å². The van der Waals surface area contributed by atoms with Gasteiger partial charge in [0.2, 0.25) is 0 Å². The van der Waals surface area contributed by atoms with Crippen molar-refractivity contribution in [1.82, 2.24) is 0 Å². The summed E-state index contributed by atoms with van der Waals surface area (Å²) in [6, 6.07) is 0. The maximum Gasteiger partial charge on any atom is 0.312 e. The van der Waals surface area contributed by atoms with E-state index >= 15 is 0 Å². The average Bonchev–Trinajstić information content (AvgIpc) is 2.71. The first-order valence-corrected chi connectivity index (χ1v) is 13.9. The Morgan fingerprint density at radius 3 is 2.18 bits per heavy atom. The number of aliphatic hydroxyl groups is 2. The molecule has 0 heterocycles. The Morgan fingerprint density at radius 1 is 0.853 bits per heavy atom. The molecule has 34 heavy (non-hydrogen) atoms. The number of carboxylic acids is 1. The maximum atomic E-state index is 12.8. The number of carboxylic acid groups (broad SMARTS) is 1. The predicted octanol–water partition coefficient (Wildman–Crippen LogP) is 6.20. The highest BCUT2D eigenvalue weighted by Gasteiger charge is 2.71. The molecule has 5 rings (SSSR count). The largest absolute Gasteiger partial charge is 0.481 e. The molecule has 9 atom stereocenters. The second-order valence-corrected chi connectivity index (χ2v) is 15.2. The fourth-order valence-corrected chi connectivity index (χ4v) is 10.7. The van der Waals surface area contributed by atoms with Crippen molar-refractivity contribution in [2.75, 3.05) is 0 Å². The maximum absolute atomic E-state index is 12.8. The van der Waals surface area contributed by atoms with Crippen molar-refractivity contribution < 1.29 is 20.1 Å². The minimum absolute atomic E-state index is 0.0218. The number of allylic oxidation sites excluding steroid dienone is 2. The third kappa shape index (κ3) is 2.82. The number of hydrogen-bond donors (Lipinski definition) is 3. The van der Waals surface area contributed by atoms with Crippen molar-refractivity contribution in [3.8, 4) is 0 Å². The Kier molecular flexibility index (Phi) is 5.20. The molecule has 0 aliphatic heterocycles. The summed E-state index contributed by atoms with van der Waals surface area (Å²) in [7, 11) is 0. The standard InChI is InChI=1S/C30H48O4/c1-25(2)14-15-30(24(33)34)19(16-25)18-8-9-21-27(5)12-11-22(31)26(3,4)20(27)10-13-28(21,6)29(18,7)17-23(30)32/h8,19-23,31-32H,9-17H2,1-7H3,(H,33,34)/t19-,20+,21+,22-,23-,27-,28+,29+,30+/m0/s1. The van der Waals surface area contributed by atoms with Gasteiger partial charge in [0.15, 0.2) is 0 Å². The van der Waals surface area contributed by atoms with E-state index in [0.29, 0.717) is 24.7 Å². The van der Waals surface area contributed by atoms with Crippen molar-refractivity contribution in [3.63, 3.8) is 0 Å². The van der Waals surface area contributed by atoms with E-state index < -0.39 is 17.5 Å². The van der Waals surface area contributed by atoms with Crippen molar-refractivity contribution in [2.24, 2.45) is 50.2 Å². The summed E-state index contributed by atoms with van der Waals surface area (Å²) in [5.74, 6) is 0.0888. The van der Waals surface area contributed by atoms with E-state index in [2.05, 4.69) is 54.5 Å². The van der Waals surface area contributed by atoms with Crippen LogP contribution in [0.25, 0.3) is 0 Å². The zero-order valence-corrected chi connectivity index (χ0v) is 22.6. The highest BCUT2D eigenvalue weighted by molar-refractivity contribution is 5.77. The zero-order valence-electron chi connectivity index (χ0n) is 22.6. The van der Waals surface area contributed by atoms with E-state index in [1.807, 2.05) is 0 Å².